The number of pyridine rings is 1. The van der Waals surface area contributed by atoms with E-state index >= 15 is 0 Å². The first kappa shape index (κ1) is 15.1. The van der Waals surface area contributed by atoms with Gasteiger partial charge in [-0.1, -0.05) is 19.3 Å². The monoisotopic (exact) mass is 278 g/mol. The molecule has 0 radical (unpaired) electrons. The summed E-state index contributed by atoms with van der Waals surface area (Å²) < 4.78 is 10.7. The van der Waals surface area contributed by atoms with Gasteiger partial charge in [-0.3, -0.25) is 4.98 Å². The van der Waals surface area contributed by atoms with Crippen molar-refractivity contribution in [3.05, 3.63) is 18.0 Å². The molecular weight excluding hydrogens is 252 g/mol. The minimum Gasteiger partial charge on any atom is -0.493 e. The van der Waals surface area contributed by atoms with Gasteiger partial charge >= 0.3 is 0 Å². The van der Waals surface area contributed by atoms with Crippen LogP contribution in [0.2, 0.25) is 0 Å². The molecule has 0 unspecified atom stereocenters. The van der Waals surface area contributed by atoms with Crippen LogP contribution in [0.3, 0.4) is 0 Å². The van der Waals surface area contributed by atoms with Crippen LogP contribution in [-0.4, -0.2) is 25.2 Å². The van der Waals surface area contributed by atoms with Gasteiger partial charge in [-0.2, -0.15) is 0 Å². The van der Waals surface area contributed by atoms with Gasteiger partial charge in [0.25, 0.3) is 0 Å². The van der Waals surface area contributed by atoms with E-state index in [1.165, 1.54) is 32.1 Å². The molecular formula is C16H26N2O2. The number of nitrogens with zero attached hydrogens (tertiary/aromatic N) is 1. The summed E-state index contributed by atoms with van der Waals surface area (Å²) in [6.07, 6.45) is 8.60. The third-order valence-corrected chi connectivity index (χ3v) is 4.31. The molecule has 112 valence electrons. The zero-order valence-corrected chi connectivity index (χ0v) is 12.8. The second kappa shape index (κ2) is 7.48. The molecule has 0 aromatic carbocycles. The summed E-state index contributed by atoms with van der Waals surface area (Å²) in [5.41, 5.74) is 0.912. The second-order valence-electron chi connectivity index (χ2n) is 5.56. The summed E-state index contributed by atoms with van der Waals surface area (Å²) in [5, 5.41) is 3.60. The van der Waals surface area contributed by atoms with E-state index in [0.29, 0.717) is 6.04 Å². The van der Waals surface area contributed by atoms with E-state index in [4.69, 9.17) is 9.47 Å². The van der Waals surface area contributed by atoms with E-state index in [9.17, 15) is 0 Å². The molecule has 1 atom stereocenters. The third-order valence-electron chi connectivity index (χ3n) is 4.31. The van der Waals surface area contributed by atoms with Gasteiger partial charge < -0.3 is 14.8 Å². The van der Waals surface area contributed by atoms with Crippen LogP contribution in [0.4, 0.5) is 0 Å². The van der Waals surface area contributed by atoms with Crippen LogP contribution in [0.5, 0.6) is 11.5 Å². The number of hydrogen-bond acceptors (Lipinski definition) is 4. The number of rotatable bonds is 6. The molecule has 4 heteroatoms. The molecule has 2 rings (SSSR count). The fraction of sp³-hybridized carbons (Fsp3) is 0.688. The van der Waals surface area contributed by atoms with E-state index in [1.807, 2.05) is 6.07 Å². The van der Waals surface area contributed by atoms with E-state index in [0.717, 1.165) is 29.7 Å². The Bertz CT molecular complexity index is 417. The van der Waals surface area contributed by atoms with Gasteiger partial charge in [0.1, 0.15) is 0 Å². The largest absolute Gasteiger partial charge is 0.493 e. The van der Waals surface area contributed by atoms with Crippen molar-refractivity contribution in [1.29, 1.82) is 0 Å². The molecule has 0 bridgehead atoms. The molecule has 0 spiro atoms. The normalized spacial score (nSPS) is 17.8. The van der Waals surface area contributed by atoms with Gasteiger partial charge in [-0.25, -0.2) is 0 Å². The Morgan fingerprint density at radius 3 is 2.65 bits per heavy atom. The predicted molar refractivity (Wildman–Crippen MR) is 80.2 cm³/mol. The number of methoxy groups -OCH3 is 2. The highest BCUT2D eigenvalue weighted by Gasteiger charge is 2.20. The smallest absolute Gasteiger partial charge is 0.183 e. The van der Waals surface area contributed by atoms with E-state index in [2.05, 4.69) is 17.2 Å². The number of ether oxygens (including phenoxy) is 2. The SMILES string of the molecule is COc1ccnc(CN[C@@H](C)C2CCCCC2)c1OC. The highest BCUT2D eigenvalue weighted by Crippen LogP contribution is 2.30. The lowest BCUT2D eigenvalue weighted by Crippen LogP contribution is -2.34. The minimum absolute atomic E-state index is 0.521. The topological polar surface area (TPSA) is 43.4 Å². The standard InChI is InChI=1S/C16H26N2O2/c1-12(13-7-5-4-6-8-13)18-11-14-16(20-3)15(19-2)9-10-17-14/h9-10,12-13,18H,4-8,11H2,1-3H3/t12-/m0/s1. The van der Waals surface area contributed by atoms with Crippen molar-refractivity contribution in [2.75, 3.05) is 14.2 Å². The summed E-state index contributed by atoms with van der Waals surface area (Å²) in [6.45, 7) is 3.00. The molecule has 1 N–H and O–H groups in total. The number of hydrogen-bond donors (Lipinski definition) is 1. The molecule has 0 aliphatic heterocycles. The van der Waals surface area contributed by atoms with Crippen molar-refractivity contribution in [2.24, 2.45) is 5.92 Å². The maximum atomic E-state index is 5.42. The van der Waals surface area contributed by atoms with E-state index in [1.54, 1.807) is 20.4 Å². The van der Waals surface area contributed by atoms with Crippen molar-refractivity contribution in [1.82, 2.24) is 10.3 Å². The van der Waals surface area contributed by atoms with Crippen molar-refractivity contribution in [3.8, 4) is 11.5 Å². The first-order chi connectivity index (χ1) is 9.76. The molecule has 1 aliphatic carbocycles. The highest BCUT2D eigenvalue weighted by molar-refractivity contribution is 5.42. The van der Waals surface area contributed by atoms with Crippen molar-refractivity contribution in [2.45, 2.75) is 51.6 Å². The van der Waals surface area contributed by atoms with Gasteiger partial charge in [0, 0.05) is 24.8 Å². The molecule has 1 fully saturated rings. The predicted octanol–water partition coefficient (Wildman–Crippen LogP) is 3.16. The highest BCUT2D eigenvalue weighted by atomic mass is 16.5. The Kier molecular flexibility index (Phi) is 5.65. The lowest BCUT2D eigenvalue weighted by atomic mass is 9.84. The Labute approximate surface area is 121 Å². The van der Waals surface area contributed by atoms with Crippen molar-refractivity contribution < 1.29 is 9.47 Å². The summed E-state index contributed by atoms with van der Waals surface area (Å²) in [6, 6.07) is 2.35. The zero-order chi connectivity index (χ0) is 14.4. The molecule has 1 heterocycles. The lowest BCUT2D eigenvalue weighted by Gasteiger charge is -2.28. The summed E-state index contributed by atoms with van der Waals surface area (Å²) >= 11 is 0. The fourth-order valence-corrected chi connectivity index (χ4v) is 3.04. The van der Waals surface area contributed by atoms with Gasteiger partial charge in [0.2, 0.25) is 0 Å². The van der Waals surface area contributed by atoms with Crippen LogP contribution in [0.1, 0.15) is 44.7 Å². The minimum atomic E-state index is 0.521. The molecule has 0 amide bonds. The molecule has 1 aliphatic rings. The average Bonchev–Trinajstić information content (AvgIpc) is 2.52. The fourth-order valence-electron chi connectivity index (χ4n) is 3.04. The first-order valence-corrected chi connectivity index (χ1v) is 7.55. The Hall–Kier alpha value is -1.29. The number of aromatic nitrogens is 1. The Morgan fingerprint density at radius 1 is 1.25 bits per heavy atom. The lowest BCUT2D eigenvalue weighted by molar-refractivity contribution is 0.278. The first-order valence-electron chi connectivity index (χ1n) is 7.55. The zero-order valence-electron chi connectivity index (χ0n) is 12.8. The van der Waals surface area contributed by atoms with Gasteiger partial charge in [-0.15, -0.1) is 0 Å². The van der Waals surface area contributed by atoms with Crippen LogP contribution in [0, 0.1) is 5.92 Å². The quantitative estimate of drug-likeness (QED) is 0.868. The van der Waals surface area contributed by atoms with E-state index < -0.39 is 0 Å². The van der Waals surface area contributed by atoms with Crippen LogP contribution < -0.4 is 14.8 Å². The maximum absolute atomic E-state index is 5.42. The van der Waals surface area contributed by atoms with Gasteiger partial charge in [0.15, 0.2) is 11.5 Å². The average molecular weight is 278 g/mol. The van der Waals surface area contributed by atoms with Crippen molar-refractivity contribution >= 4 is 0 Å². The maximum Gasteiger partial charge on any atom is 0.183 e. The molecule has 0 saturated heterocycles. The van der Waals surface area contributed by atoms with Crippen molar-refractivity contribution in [3.63, 3.8) is 0 Å². The molecule has 20 heavy (non-hydrogen) atoms. The summed E-state index contributed by atoms with van der Waals surface area (Å²) in [7, 11) is 3.31. The van der Waals surface area contributed by atoms with Crippen LogP contribution in [0.25, 0.3) is 0 Å². The third kappa shape index (κ3) is 3.63. The second-order valence-corrected chi connectivity index (χ2v) is 5.56. The van der Waals surface area contributed by atoms with Gasteiger partial charge in [0.05, 0.1) is 19.9 Å². The van der Waals surface area contributed by atoms with Gasteiger partial charge in [-0.05, 0) is 25.7 Å². The summed E-state index contributed by atoms with van der Waals surface area (Å²) in [5.74, 6) is 2.27. The molecule has 4 nitrogen and oxygen atoms in total. The summed E-state index contributed by atoms with van der Waals surface area (Å²) in [4.78, 5) is 4.41. The van der Waals surface area contributed by atoms with E-state index in [-0.39, 0.29) is 0 Å². The Morgan fingerprint density at radius 2 is 2.00 bits per heavy atom. The Balaban J connectivity index is 1.96. The number of nitrogens with one attached hydrogen (secondary N) is 1. The molecule has 1 saturated carbocycles. The van der Waals surface area contributed by atoms with Crippen LogP contribution >= 0.6 is 0 Å². The van der Waals surface area contributed by atoms with Crippen LogP contribution in [0.15, 0.2) is 12.3 Å². The molecule has 1 aromatic heterocycles. The van der Waals surface area contributed by atoms with Crippen LogP contribution in [-0.2, 0) is 6.54 Å². The molecule has 1 aromatic rings.